The summed E-state index contributed by atoms with van der Waals surface area (Å²) in [6.45, 7) is 3.39. The zero-order valence-corrected chi connectivity index (χ0v) is 11.5. The van der Waals surface area contributed by atoms with Gasteiger partial charge in [0.1, 0.15) is 5.75 Å². The summed E-state index contributed by atoms with van der Waals surface area (Å²) in [5.41, 5.74) is 0.942. The summed E-state index contributed by atoms with van der Waals surface area (Å²) in [4.78, 5) is 15.5. The van der Waals surface area contributed by atoms with Gasteiger partial charge in [0.25, 0.3) is 0 Å². The van der Waals surface area contributed by atoms with Gasteiger partial charge in [0.2, 0.25) is 5.91 Å². The van der Waals surface area contributed by atoms with E-state index >= 15 is 0 Å². The Morgan fingerprint density at radius 1 is 1.58 bits per heavy atom. The number of rotatable bonds is 4. The maximum atomic E-state index is 11.1. The number of aryl methyl sites for hydroxylation is 1. The quantitative estimate of drug-likeness (QED) is 0.931. The van der Waals surface area contributed by atoms with Crippen LogP contribution in [0.4, 0.5) is 0 Å². The molecule has 1 N–H and O–H groups in total. The second-order valence-corrected chi connectivity index (χ2v) is 5.98. The van der Waals surface area contributed by atoms with Crippen LogP contribution in [0.1, 0.15) is 17.8 Å². The van der Waals surface area contributed by atoms with E-state index in [-0.39, 0.29) is 5.91 Å². The largest absolute Gasteiger partial charge is 0.492 e. The number of amides is 1. The third kappa shape index (κ3) is 2.71. The first-order valence-corrected chi connectivity index (χ1v) is 7.21. The molecule has 0 unspecified atom stereocenters. The van der Waals surface area contributed by atoms with Gasteiger partial charge >= 0.3 is 0 Å². The van der Waals surface area contributed by atoms with E-state index in [9.17, 15) is 4.79 Å². The van der Waals surface area contributed by atoms with Gasteiger partial charge in [-0.3, -0.25) is 4.79 Å². The van der Waals surface area contributed by atoms with E-state index in [1.54, 1.807) is 11.3 Å². The van der Waals surface area contributed by atoms with Crippen LogP contribution in [0.3, 0.4) is 0 Å². The molecule has 5 heteroatoms. The number of benzene rings is 1. The summed E-state index contributed by atoms with van der Waals surface area (Å²) < 4.78 is 6.91. The third-order valence-electron chi connectivity index (χ3n) is 3.26. The maximum Gasteiger partial charge on any atom is 0.220 e. The number of carbonyl (C=O) groups is 1. The van der Waals surface area contributed by atoms with Gasteiger partial charge in [0.05, 0.1) is 21.8 Å². The molecule has 0 saturated carbocycles. The molecule has 2 aromatic rings. The van der Waals surface area contributed by atoms with Crippen LogP contribution < -0.4 is 10.1 Å². The summed E-state index contributed by atoms with van der Waals surface area (Å²) in [7, 11) is 0. The Hall–Kier alpha value is -1.62. The zero-order chi connectivity index (χ0) is 13.2. The van der Waals surface area contributed by atoms with Crippen molar-refractivity contribution in [2.75, 3.05) is 13.2 Å². The molecule has 4 nitrogen and oxygen atoms in total. The van der Waals surface area contributed by atoms with Gasteiger partial charge in [0.15, 0.2) is 0 Å². The summed E-state index contributed by atoms with van der Waals surface area (Å²) in [5, 5.41) is 3.88. The molecule has 1 atom stereocenters. The van der Waals surface area contributed by atoms with Crippen molar-refractivity contribution in [1.82, 2.24) is 10.3 Å². The van der Waals surface area contributed by atoms with Crippen molar-refractivity contribution in [3.05, 3.63) is 23.2 Å². The van der Waals surface area contributed by atoms with E-state index in [0.29, 0.717) is 18.9 Å². The van der Waals surface area contributed by atoms with Crippen LogP contribution in [0.2, 0.25) is 0 Å². The second-order valence-electron chi connectivity index (χ2n) is 4.78. The van der Waals surface area contributed by atoms with Crippen LogP contribution in [0.5, 0.6) is 5.75 Å². The fraction of sp³-hybridized carbons (Fsp3) is 0.429. The van der Waals surface area contributed by atoms with Crippen molar-refractivity contribution in [2.24, 2.45) is 5.92 Å². The Morgan fingerprint density at radius 3 is 3.26 bits per heavy atom. The van der Waals surface area contributed by atoms with Gasteiger partial charge in [0, 0.05) is 13.0 Å². The number of thiazole rings is 1. The van der Waals surface area contributed by atoms with Crippen LogP contribution in [0.25, 0.3) is 10.2 Å². The molecule has 0 spiro atoms. The number of carbonyl (C=O) groups excluding carboxylic acids is 1. The highest BCUT2D eigenvalue weighted by Crippen LogP contribution is 2.30. The van der Waals surface area contributed by atoms with Crippen LogP contribution in [-0.2, 0) is 4.79 Å². The Morgan fingerprint density at radius 2 is 2.47 bits per heavy atom. The molecule has 1 saturated heterocycles. The van der Waals surface area contributed by atoms with Gasteiger partial charge in [-0.1, -0.05) is 0 Å². The molecule has 1 fully saturated rings. The normalized spacial score (nSPS) is 18.8. The lowest BCUT2D eigenvalue weighted by molar-refractivity contribution is -0.119. The summed E-state index contributed by atoms with van der Waals surface area (Å²) in [5.74, 6) is 1.40. The van der Waals surface area contributed by atoms with E-state index in [0.717, 1.165) is 33.9 Å². The van der Waals surface area contributed by atoms with Gasteiger partial charge in [-0.15, -0.1) is 11.3 Å². The number of hydrogen-bond acceptors (Lipinski definition) is 4. The number of fused-ring (bicyclic) bond motifs is 1. The summed E-state index contributed by atoms with van der Waals surface area (Å²) >= 11 is 1.64. The second kappa shape index (κ2) is 5.17. The predicted octanol–water partition coefficient (Wildman–Crippen LogP) is 2.31. The zero-order valence-electron chi connectivity index (χ0n) is 10.7. The molecule has 1 amide bonds. The van der Waals surface area contributed by atoms with Crippen molar-refractivity contribution in [1.29, 1.82) is 0 Å². The lowest BCUT2D eigenvalue weighted by Crippen LogP contribution is -2.14. The Kier molecular flexibility index (Phi) is 3.38. The van der Waals surface area contributed by atoms with Crippen LogP contribution in [0, 0.1) is 18.9 Å². The fourth-order valence-electron chi connectivity index (χ4n) is 2.29. The molecule has 1 radical (unpaired) electrons. The molecule has 1 aromatic heterocycles. The molecule has 19 heavy (non-hydrogen) atoms. The van der Waals surface area contributed by atoms with Gasteiger partial charge in [-0.2, -0.15) is 0 Å². The summed E-state index contributed by atoms with van der Waals surface area (Å²) in [6, 6.07) is 6.79. The Labute approximate surface area is 115 Å². The van der Waals surface area contributed by atoms with Crippen LogP contribution in [0.15, 0.2) is 12.1 Å². The molecule has 1 aliphatic heterocycles. The smallest absolute Gasteiger partial charge is 0.220 e. The Balaban J connectivity index is 1.63. The molecular weight excluding hydrogens is 260 g/mol. The predicted molar refractivity (Wildman–Crippen MR) is 74.4 cm³/mol. The number of hydrogen-bond donors (Lipinski definition) is 1. The minimum absolute atomic E-state index is 0.151. The summed E-state index contributed by atoms with van der Waals surface area (Å²) in [6.07, 6.45) is 1.52. The van der Waals surface area contributed by atoms with E-state index in [1.165, 1.54) is 0 Å². The maximum absolute atomic E-state index is 11.1. The average Bonchev–Trinajstić information content (AvgIpc) is 2.95. The lowest BCUT2D eigenvalue weighted by Gasteiger charge is -2.09. The standard InChI is InChI=1S/C14H15N2O2S/c1-9-16-11-3-2-4-12(14(11)19-9)18-6-5-10-7-13(17)15-8-10/h3-4,10H,5-8H2,1H3,(H,15,17)/t10-/m1/s1. The number of nitrogens with one attached hydrogen (secondary N) is 1. The SMILES string of the molecule is Cc1nc2c[c]cc(OCC[C@H]3CNC(=O)C3)c2s1. The molecular formula is C14H15N2O2S. The minimum atomic E-state index is 0.151. The van der Waals surface area contributed by atoms with Crippen LogP contribution >= 0.6 is 11.3 Å². The van der Waals surface area contributed by atoms with E-state index in [2.05, 4.69) is 16.4 Å². The van der Waals surface area contributed by atoms with Crippen molar-refractivity contribution in [3.63, 3.8) is 0 Å². The highest BCUT2D eigenvalue weighted by atomic mass is 32.1. The van der Waals surface area contributed by atoms with E-state index < -0.39 is 0 Å². The van der Waals surface area contributed by atoms with Crippen molar-refractivity contribution < 1.29 is 9.53 Å². The molecule has 3 rings (SSSR count). The number of nitrogens with zero attached hydrogens (tertiary/aromatic N) is 1. The van der Waals surface area contributed by atoms with Crippen LogP contribution in [-0.4, -0.2) is 24.0 Å². The monoisotopic (exact) mass is 275 g/mol. The topological polar surface area (TPSA) is 51.2 Å². The first-order valence-electron chi connectivity index (χ1n) is 6.39. The number of aromatic nitrogens is 1. The van der Waals surface area contributed by atoms with Gasteiger partial charge in [-0.25, -0.2) is 4.98 Å². The first-order chi connectivity index (χ1) is 9.22. The number of ether oxygens (including phenoxy) is 1. The molecule has 2 heterocycles. The van der Waals surface area contributed by atoms with E-state index in [1.807, 2.05) is 19.1 Å². The molecule has 99 valence electrons. The van der Waals surface area contributed by atoms with Gasteiger partial charge < -0.3 is 10.1 Å². The Bertz CT molecular complexity index is 609. The fourth-order valence-corrected chi connectivity index (χ4v) is 3.16. The third-order valence-corrected chi connectivity index (χ3v) is 4.27. The average molecular weight is 275 g/mol. The van der Waals surface area contributed by atoms with Crippen molar-refractivity contribution >= 4 is 27.5 Å². The molecule has 0 bridgehead atoms. The van der Waals surface area contributed by atoms with Gasteiger partial charge in [-0.05, 0) is 37.5 Å². The molecule has 0 aliphatic carbocycles. The highest BCUT2D eigenvalue weighted by molar-refractivity contribution is 7.18. The lowest BCUT2D eigenvalue weighted by atomic mass is 10.1. The highest BCUT2D eigenvalue weighted by Gasteiger charge is 2.21. The molecule has 1 aromatic carbocycles. The van der Waals surface area contributed by atoms with Crippen molar-refractivity contribution in [2.45, 2.75) is 19.8 Å². The minimum Gasteiger partial charge on any atom is -0.492 e. The molecule has 1 aliphatic rings. The van der Waals surface area contributed by atoms with Crippen molar-refractivity contribution in [3.8, 4) is 5.75 Å². The first kappa shape index (κ1) is 12.4. The van der Waals surface area contributed by atoms with E-state index in [4.69, 9.17) is 4.74 Å².